The van der Waals surface area contributed by atoms with Gasteiger partial charge in [-0.1, -0.05) is 23.2 Å². The molecule has 8 heteroatoms. The molecule has 0 aliphatic rings. The fourth-order valence-electron chi connectivity index (χ4n) is 1.07. The highest BCUT2D eigenvalue weighted by molar-refractivity contribution is 6.38. The van der Waals surface area contributed by atoms with E-state index in [0.717, 1.165) is 0 Å². The van der Waals surface area contributed by atoms with E-state index in [9.17, 15) is 9.59 Å². The van der Waals surface area contributed by atoms with Crippen LogP contribution in [0.5, 0.6) is 5.75 Å². The van der Waals surface area contributed by atoms with Crippen molar-refractivity contribution in [2.45, 2.75) is 6.92 Å². The van der Waals surface area contributed by atoms with E-state index in [1.807, 2.05) is 5.43 Å². The van der Waals surface area contributed by atoms with Crippen LogP contribution < -0.4 is 15.9 Å². The van der Waals surface area contributed by atoms with Crippen LogP contribution in [0.4, 0.5) is 4.79 Å². The lowest BCUT2D eigenvalue weighted by Gasteiger charge is -2.06. The number of hydrogen-bond donors (Lipinski definition) is 2. The molecule has 0 saturated heterocycles. The van der Waals surface area contributed by atoms with Gasteiger partial charge >= 0.3 is 12.0 Å². The first kappa shape index (κ1) is 14.3. The van der Waals surface area contributed by atoms with Crippen LogP contribution >= 0.6 is 23.2 Å². The Morgan fingerprint density at radius 2 is 1.94 bits per heavy atom. The monoisotopic (exact) mass is 289 g/mol. The molecular weight excluding hydrogens is 281 g/mol. The summed E-state index contributed by atoms with van der Waals surface area (Å²) in [6.07, 6.45) is 1.23. The number of nitrogens with zero attached hydrogens (tertiary/aromatic N) is 1. The molecular formula is C10H9Cl2N3O3. The molecule has 0 aromatic heterocycles. The summed E-state index contributed by atoms with van der Waals surface area (Å²) < 4.78 is 4.83. The minimum absolute atomic E-state index is 0.216. The van der Waals surface area contributed by atoms with Gasteiger partial charge in [0.25, 0.3) is 0 Å². The number of ether oxygens (including phenoxy) is 1. The number of hydrogen-bond acceptors (Lipinski definition) is 4. The van der Waals surface area contributed by atoms with E-state index >= 15 is 0 Å². The van der Waals surface area contributed by atoms with Gasteiger partial charge in [-0.2, -0.15) is 5.10 Å². The number of hydrazone groups is 1. The second kappa shape index (κ2) is 6.23. The van der Waals surface area contributed by atoms with Gasteiger partial charge in [-0.05, 0) is 0 Å². The zero-order valence-corrected chi connectivity index (χ0v) is 10.7. The largest absolute Gasteiger partial charge is 0.427 e. The molecule has 1 rings (SSSR count). The van der Waals surface area contributed by atoms with Crippen LogP contribution in [0, 0.1) is 0 Å². The van der Waals surface area contributed by atoms with Crippen LogP contribution in [0.25, 0.3) is 0 Å². The number of esters is 1. The van der Waals surface area contributed by atoms with Crippen LogP contribution in [0.1, 0.15) is 12.5 Å². The summed E-state index contributed by atoms with van der Waals surface area (Å²) in [5, 5.41) is 3.96. The molecule has 0 atom stereocenters. The number of carbonyl (C=O) groups excluding carboxylic acids is 2. The van der Waals surface area contributed by atoms with Gasteiger partial charge in [0, 0.05) is 24.6 Å². The lowest BCUT2D eigenvalue weighted by atomic mass is 10.2. The van der Waals surface area contributed by atoms with Gasteiger partial charge < -0.3 is 10.5 Å². The Bertz CT molecular complexity index is 494. The van der Waals surface area contributed by atoms with E-state index in [1.165, 1.54) is 25.3 Å². The number of carbonyl (C=O) groups is 2. The quantitative estimate of drug-likeness (QED) is 0.385. The van der Waals surface area contributed by atoms with E-state index in [-0.39, 0.29) is 15.8 Å². The Balaban J connectivity index is 2.97. The topological polar surface area (TPSA) is 93.8 Å². The summed E-state index contributed by atoms with van der Waals surface area (Å²) in [6.45, 7) is 1.26. The normalized spacial score (nSPS) is 10.4. The van der Waals surface area contributed by atoms with Gasteiger partial charge in [0.05, 0.1) is 16.3 Å². The lowest BCUT2D eigenvalue weighted by Crippen LogP contribution is -2.24. The molecule has 1 aromatic rings. The highest BCUT2D eigenvalue weighted by Gasteiger charge is 2.08. The molecule has 0 unspecified atom stereocenters. The Hall–Kier alpha value is -1.79. The van der Waals surface area contributed by atoms with Crippen LogP contribution in [0.3, 0.4) is 0 Å². The summed E-state index contributed by atoms with van der Waals surface area (Å²) in [6, 6.07) is 2.00. The van der Waals surface area contributed by atoms with Crippen molar-refractivity contribution in [2.24, 2.45) is 10.8 Å². The first-order valence-corrected chi connectivity index (χ1v) is 5.41. The summed E-state index contributed by atoms with van der Waals surface area (Å²) in [7, 11) is 0. The molecule has 2 amide bonds. The smallest absolute Gasteiger partial charge is 0.332 e. The van der Waals surface area contributed by atoms with Crippen LogP contribution in [-0.2, 0) is 4.79 Å². The van der Waals surface area contributed by atoms with Gasteiger partial charge in [0.15, 0.2) is 0 Å². The maximum atomic E-state index is 10.8. The third kappa shape index (κ3) is 4.23. The number of nitrogens with one attached hydrogen (secondary N) is 1. The molecule has 6 nitrogen and oxygen atoms in total. The highest BCUT2D eigenvalue weighted by Crippen LogP contribution is 2.29. The Labute approximate surface area is 113 Å². The molecule has 3 N–H and O–H groups in total. The summed E-state index contributed by atoms with van der Waals surface area (Å²) in [4.78, 5) is 21.2. The molecule has 0 aliphatic carbocycles. The van der Waals surface area contributed by atoms with Gasteiger partial charge in [-0.15, -0.1) is 0 Å². The van der Waals surface area contributed by atoms with Crippen molar-refractivity contribution >= 4 is 41.4 Å². The van der Waals surface area contributed by atoms with Crippen LogP contribution in [0.2, 0.25) is 10.0 Å². The van der Waals surface area contributed by atoms with Gasteiger partial charge in [-0.3, -0.25) is 4.79 Å². The van der Waals surface area contributed by atoms with Crippen molar-refractivity contribution in [3.8, 4) is 5.75 Å². The SMILES string of the molecule is CC(=O)Oc1cc(Cl)c(C=NNC(N)=O)c(Cl)c1. The van der Waals surface area contributed by atoms with Crippen LogP contribution in [0.15, 0.2) is 17.2 Å². The van der Waals surface area contributed by atoms with Crippen molar-refractivity contribution < 1.29 is 14.3 Å². The maximum absolute atomic E-state index is 10.8. The minimum atomic E-state index is -0.810. The second-order valence-corrected chi connectivity index (χ2v) is 3.94. The van der Waals surface area contributed by atoms with Gasteiger partial charge in [0.2, 0.25) is 0 Å². The van der Waals surface area contributed by atoms with Crippen LogP contribution in [-0.4, -0.2) is 18.2 Å². The minimum Gasteiger partial charge on any atom is -0.427 e. The van der Waals surface area contributed by atoms with E-state index in [0.29, 0.717) is 5.56 Å². The number of primary amides is 1. The average Bonchev–Trinajstić information content (AvgIpc) is 2.20. The number of nitrogens with two attached hydrogens (primary N) is 1. The molecule has 0 bridgehead atoms. The second-order valence-electron chi connectivity index (χ2n) is 3.13. The van der Waals surface area contributed by atoms with E-state index in [2.05, 4.69) is 5.10 Å². The van der Waals surface area contributed by atoms with E-state index in [4.69, 9.17) is 33.7 Å². The molecule has 96 valence electrons. The zero-order valence-electron chi connectivity index (χ0n) is 9.24. The third-order valence-corrected chi connectivity index (χ3v) is 2.31. The lowest BCUT2D eigenvalue weighted by molar-refractivity contribution is -0.131. The standard InChI is InChI=1S/C10H9Cl2N3O3/c1-5(16)18-6-2-8(11)7(9(12)3-6)4-14-15-10(13)17/h2-4H,1H3,(H3,13,15,17). The summed E-state index contributed by atoms with van der Waals surface area (Å²) in [5.74, 6) is -0.267. The Kier molecular flexibility index (Phi) is 4.94. The van der Waals surface area contributed by atoms with Gasteiger partial charge in [-0.25, -0.2) is 10.2 Å². The van der Waals surface area contributed by atoms with Crippen molar-refractivity contribution in [3.05, 3.63) is 27.7 Å². The predicted molar refractivity (Wildman–Crippen MR) is 68.1 cm³/mol. The Morgan fingerprint density at radius 3 is 2.39 bits per heavy atom. The zero-order chi connectivity index (χ0) is 13.7. The highest BCUT2D eigenvalue weighted by atomic mass is 35.5. The van der Waals surface area contributed by atoms with Crippen molar-refractivity contribution in [1.29, 1.82) is 0 Å². The van der Waals surface area contributed by atoms with E-state index < -0.39 is 12.0 Å². The maximum Gasteiger partial charge on any atom is 0.332 e. The third-order valence-electron chi connectivity index (χ3n) is 1.68. The number of benzene rings is 1. The van der Waals surface area contributed by atoms with Crippen molar-refractivity contribution in [2.75, 3.05) is 0 Å². The average molecular weight is 290 g/mol. The number of rotatable bonds is 3. The molecule has 0 heterocycles. The van der Waals surface area contributed by atoms with E-state index in [1.54, 1.807) is 0 Å². The van der Waals surface area contributed by atoms with Gasteiger partial charge in [0.1, 0.15) is 5.75 Å². The number of halogens is 2. The molecule has 0 spiro atoms. The van der Waals surface area contributed by atoms with Crippen molar-refractivity contribution in [1.82, 2.24) is 5.43 Å². The molecule has 0 saturated carbocycles. The molecule has 18 heavy (non-hydrogen) atoms. The first-order chi connectivity index (χ1) is 8.40. The number of amides is 2. The summed E-state index contributed by atoms with van der Waals surface area (Å²) in [5.41, 5.74) is 7.19. The fourth-order valence-corrected chi connectivity index (χ4v) is 1.63. The molecule has 1 aromatic carbocycles. The van der Waals surface area contributed by atoms with Crippen molar-refractivity contribution in [3.63, 3.8) is 0 Å². The molecule has 0 radical (unpaired) electrons. The first-order valence-electron chi connectivity index (χ1n) is 4.66. The molecule has 0 aliphatic heterocycles. The molecule has 0 fully saturated rings. The number of urea groups is 1. The summed E-state index contributed by atoms with van der Waals surface area (Å²) >= 11 is 11.8. The fraction of sp³-hybridized carbons (Fsp3) is 0.100. The predicted octanol–water partition coefficient (Wildman–Crippen LogP) is 1.92. The Morgan fingerprint density at radius 1 is 1.39 bits per heavy atom.